The van der Waals surface area contributed by atoms with Crippen LogP contribution in [0.4, 0.5) is 0 Å². The van der Waals surface area contributed by atoms with Crippen molar-refractivity contribution in [3.8, 4) is 0 Å². The fourth-order valence-electron chi connectivity index (χ4n) is 4.90. The number of fused-ring (bicyclic) bond motifs is 1. The van der Waals surface area contributed by atoms with Crippen LogP contribution in [0.25, 0.3) is 11.1 Å². The van der Waals surface area contributed by atoms with Crippen molar-refractivity contribution in [3.05, 3.63) is 117 Å². The summed E-state index contributed by atoms with van der Waals surface area (Å²) in [7, 11) is 0. The Labute approximate surface area is 256 Å². The molecule has 4 rings (SSSR count). The van der Waals surface area contributed by atoms with Gasteiger partial charge in [-0.15, -0.1) is 0 Å². The van der Waals surface area contributed by atoms with Gasteiger partial charge in [0.05, 0.1) is 5.76 Å². The van der Waals surface area contributed by atoms with Crippen LogP contribution in [0.1, 0.15) is 113 Å². The van der Waals surface area contributed by atoms with Crippen molar-refractivity contribution >= 4 is 22.7 Å². The van der Waals surface area contributed by atoms with Gasteiger partial charge in [-0.05, 0) is 97.0 Å². The van der Waals surface area contributed by atoms with Crippen LogP contribution in [-0.4, -0.2) is 5.11 Å². The van der Waals surface area contributed by atoms with Gasteiger partial charge in [0.25, 0.3) is 0 Å². The molecule has 0 spiro atoms. The van der Waals surface area contributed by atoms with Crippen molar-refractivity contribution in [2.75, 3.05) is 0 Å². The summed E-state index contributed by atoms with van der Waals surface area (Å²) in [5.41, 5.74) is 12.0. The highest BCUT2D eigenvalue weighted by molar-refractivity contribution is 6.30. The highest BCUT2D eigenvalue weighted by Crippen LogP contribution is 2.41. The zero-order valence-electron chi connectivity index (χ0n) is 27.1. The van der Waals surface area contributed by atoms with Crippen molar-refractivity contribution in [2.45, 2.75) is 101 Å². The SMILES string of the molecule is C=C(O)C(C)(C)C.CCCC(C)CC.Cc1ccc(C2=C(c3ccc(Cl)cc3C)CCCc3cc(C)ccc32)cc1. The first-order valence-corrected chi connectivity index (χ1v) is 15.7. The van der Waals surface area contributed by atoms with Crippen LogP contribution in [0.5, 0.6) is 0 Å². The largest absolute Gasteiger partial charge is 0.512 e. The second kappa shape index (κ2) is 16.0. The van der Waals surface area contributed by atoms with E-state index in [2.05, 4.69) is 103 Å². The number of allylic oxidation sites excluding steroid dienone is 2. The summed E-state index contributed by atoms with van der Waals surface area (Å²) in [5.74, 6) is 1.19. The predicted molar refractivity (Wildman–Crippen MR) is 183 cm³/mol. The highest BCUT2D eigenvalue weighted by Gasteiger charge is 2.21. The van der Waals surface area contributed by atoms with Crippen LogP contribution in [0.3, 0.4) is 0 Å². The topological polar surface area (TPSA) is 20.2 Å². The average molecular weight is 573 g/mol. The molecule has 0 saturated heterocycles. The molecular weight excluding hydrogens is 520 g/mol. The maximum atomic E-state index is 8.69. The average Bonchev–Trinajstić information content (AvgIpc) is 3.08. The van der Waals surface area contributed by atoms with Gasteiger partial charge in [-0.2, -0.15) is 0 Å². The van der Waals surface area contributed by atoms with Gasteiger partial charge in [0.1, 0.15) is 0 Å². The van der Waals surface area contributed by atoms with Gasteiger partial charge >= 0.3 is 0 Å². The maximum absolute atomic E-state index is 8.69. The number of hydrogen-bond acceptors (Lipinski definition) is 1. The molecule has 0 fully saturated rings. The molecule has 0 amide bonds. The Bertz CT molecular complexity index is 1300. The molecule has 0 heterocycles. The van der Waals surface area contributed by atoms with E-state index in [1.807, 2.05) is 26.8 Å². The standard InChI is InChI=1S/C26H25Cl.C7H16.C6H12O/c1-17-7-10-20(11-8-17)26-24-13-9-18(2)15-21(24)5-4-6-25(26)23-14-12-22(27)16-19(23)3;1-4-6-7(3)5-2;1-5(7)6(2,3)4/h7-16H,4-6H2,1-3H3;7H,4-6H2,1-3H3;7H,1H2,2-4H3. The Hall–Kier alpha value is -2.77. The minimum Gasteiger partial charge on any atom is -0.512 e. The molecule has 1 N–H and O–H groups in total. The normalized spacial score (nSPS) is 13.6. The van der Waals surface area contributed by atoms with Gasteiger partial charge in [-0.3, -0.25) is 0 Å². The molecule has 0 aromatic heterocycles. The van der Waals surface area contributed by atoms with Gasteiger partial charge in [0.2, 0.25) is 0 Å². The number of rotatable bonds is 5. The second-order valence-electron chi connectivity index (χ2n) is 12.7. The number of aliphatic hydroxyl groups excluding tert-OH is 1. The molecule has 0 saturated carbocycles. The van der Waals surface area contributed by atoms with Crippen LogP contribution in [0, 0.1) is 32.1 Å². The van der Waals surface area contributed by atoms with E-state index in [4.69, 9.17) is 16.7 Å². The van der Waals surface area contributed by atoms with Crippen molar-refractivity contribution in [1.29, 1.82) is 0 Å². The lowest BCUT2D eigenvalue weighted by atomic mass is 9.86. The Balaban J connectivity index is 0.000000349. The van der Waals surface area contributed by atoms with E-state index in [9.17, 15) is 0 Å². The van der Waals surface area contributed by atoms with Crippen molar-refractivity contribution in [1.82, 2.24) is 0 Å². The minimum atomic E-state index is -0.139. The van der Waals surface area contributed by atoms with Gasteiger partial charge in [-0.25, -0.2) is 0 Å². The number of aliphatic hydroxyl groups is 1. The first-order chi connectivity index (χ1) is 19.3. The van der Waals surface area contributed by atoms with Crippen LogP contribution in [0.15, 0.2) is 73.0 Å². The second-order valence-corrected chi connectivity index (χ2v) is 13.1. The van der Waals surface area contributed by atoms with Crippen LogP contribution in [-0.2, 0) is 6.42 Å². The number of hydrogen-bond donors (Lipinski definition) is 1. The molecule has 1 nitrogen and oxygen atoms in total. The molecule has 0 aliphatic heterocycles. The minimum absolute atomic E-state index is 0.139. The summed E-state index contributed by atoms with van der Waals surface area (Å²) < 4.78 is 0. The van der Waals surface area contributed by atoms with Gasteiger partial charge in [-0.1, -0.05) is 139 Å². The van der Waals surface area contributed by atoms with E-state index in [0.29, 0.717) is 0 Å². The predicted octanol–water partition coefficient (Wildman–Crippen LogP) is 12.5. The summed E-state index contributed by atoms with van der Waals surface area (Å²) in [5, 5.41) is 9.50. The van der Waals surface area contributed by atoms with Gasteiger partial charge in [0.15, 0.2) is 0 Å². The number of aryl methyl sites for hydroxylation is 4. The van der Waals surface area contributed by atoms with Crippen LogP contribution >= 0.6 is 11.6 Å². The summed E-state index contributed by atoms with van der Waals surface area (Å²) in [6, 6.07) is 22.2. The smallest absolute Gasteiger partial charge is 0.0904 e. The molecule has 1 atom stereocenters. The van der Waals surface area contributed by atoms with E-state index in [1.165, 1.54) is 75.8 Å². The Kier molecular flexibility index (Phi) is 13.5. The summed E-state index contributed by atoms with van der Waals surface area (Å²) in [6.45, 7) is 22.4. The maximum Gasteiger partial charge on any atom is 0.0904 e. The molecule has 3 aromatic rings. The Morgan fingerprint density at radius 3 is 1.98 bits per heavy atom. The molecule has 0 bridgehead atoms. The lowest BCUT2D eigenvalue weighted by Gasteiger charge is -2.18. The van der Waals surface area contributed by atoms with Crippen molar-refractivity contribution < 1.29 is 5.11 Å². The molecule has 1 unspecified atom stereocenters. The van der Waals surface area contributed by atoms with E-state index < -0.39 is 0 Å². The Morgan fingerprint density at radius 2 is 1.46 bits per heavy atom. The third kappa shape index (κ3) is 10.5. The first-order valence-electron chi connectivity index (χ1n) is 15.3. The molecule has 0 radical (unpaired) electrons. The monoisotopic (exact) mass is 572 g/mol. The molecule has 222 valence electrons. The molecule has 2 heteroatoms. The zero-order chi connectivity index (χ0) is 30.7. The van der Waals surface area contributed by atoms with Crippen LogP contribution in [0.2, 0.25) is 5.02 Å². The fraction of sp³-hybridized carbons (Fsp3) is 0.436. The van der Waals surface area contributed by atoms with E-state index in [1.54, 1.807) is 0 Å². The van der Waals surface area contributed by atoms with Gasteiger partial charge < -0.3 is 5.11 Å². The molecule has 3 aromatic carbocycles. The fourth-order valence-corrected chi connectivity index (χ4v) is 5.12. The highest BCUT2D eigenvalue weighted by atomic mass is 35.5. The van der Waals surface area contributed by atoms with Crippen molar-refractivity contribution in [2.24, 2.45) is 11.3 Å². The number of halogens is 1. The number of benzene rings is 3. The summed E-state index contributed by atoms with van der Waals surface area (Å²) in [6.07, 6.45) is 7.46. The quantitative estimate of drug-likeness (QED) is 0.301. The molecule has 1 aliphatic rings. The van der Waals surface area contributed by atoms with Crippen molar-refractivity contribution in [3.63, 3.8) is 0 Å². The Morgan fingerprint density at radius 1 is 0.878 bits per heavy atom. The lowest BCUT2D eigenvalue weighted by molar-refractivity contribution is 0.280. The van der Waals surface area contributed by atoms with E-state index in [0.717, 1.165) is 23.8 Å². The molecule has 1 aliphatic carbocycles. The third-order valence-electron chi connectivity index (χ3n) is 7.90. The van der Waals surface area contributed by atoms with E-state index in [-0.39, 0.29) is 11.2 Å². The lowest BCUT2D eigenvalue weighted by Crippen LogP contribution is -2.06. The summed E-state index contributed by atoms with van der Waals surface area (Å²) in [4.78, 5) is 0. The van der Waals surface area contributed by atoms with E-state index >= 15 is 0 Å². The molecular formula is C39H53ClO. The zero-order valence-corrected chi connectivity index (χ0v) is 27.9. The molecule has 41 heavy (non-hydrogen) atoms. The third-order valence-corrected chi connectivity index (χ3v) is 8.14. The van der Waals surface area contributed by atoms with Gasteiger partial charge in [0, 0.05) is 10.4 Å². The first kappa shape index (κ1) is 34.4. The van der Waals surface area contributed by atoms with Crippen LogP contribution < -0.4 is 0 Å². The summed E-state index contributed by atoms with van der Waals surface area (Å²) >= 11 is 6.24.